The van der Waals surface area contributed by atoms with Crippen molar-refractivity contribution >= 4 is 0 Å². The summed E-state index contributed by atoms with van der Waals surface area (Å²) in [4.78, 5) is 2.52. The summed E-state index contributed by atoms with van der Waals surface area (Å²) in [5.74, 6) is 0.901. The number of piperidine rings is 1. The fraction of sp³-hybridized carbons (Fsp3) is 1.00. The highest BCUT2D eigenvalue weighted by atomic mass is 16.5. The first-order valence-corrected chi connectivity index (χ1v) is 6.40. The number of nitrogens with two attached hydrogens (primary N) is 1. The summed E-state index contributed by atoms with van der Waals surface area (Å²) < 4.78 is 5.62. The van der Waals surface area contributed by atoms with E-state index in [4.69, 9.17) is 10.5 Å². The van der Waals surface area contributed by atoms with Gasteiger partial charge in [0, 0.05) is 25.8 Å². The van der Waals surface area contributed by atoms with Gasteiger partial charge in [-0.05, 0) is 51.1 Å². The largest absolute Gasteiger partial charge is 0.381 e. The molecule has 88 valence electrons. The molecule has 1 aliphatic carbocycles. The Hall–Kier alpha value is -0.120. The summed E-state index contributed by atoms with van der Waals surface area (Å²) in [5.41, 5.74) is 5.86. The van der Waals surface area contributed by atoms with Crippen LogP contribution < -0.4 is 5.73 Å². The van der Waals surface area contributed by atoms with Crippen LogP contribution in [0.5, 0.6) is 0 Å². The van der Waals surface area contributed by atoms with Gasteiger partial charge in [0.1, 0.15) is 0 Å². The van der Waals surface area contributed by atoms with Crippen LogP contribution in [0.15, 0.2) is 0 Å². The van der Waals surface area contributed by atoms with Crippen molar-refractivity contribution in [1.82, 2.24) is 4.90 Å². The maximum Gasteiger partial charge on any atom is 0.0494 e. The molecule has 1 saturated carbocycles. The topological polar surface area (TPSA) is 38.5 Å². The number of ether oxygens (including phenoxy) is 1. The maximum atomic E-state index is 5.86. The summed E-state index contributed by atoms with van der Waals surface area (Å²) in [6, 6.07) is 0.451. The number of hydrogen-bond acceptors (Lipinski definition) is 3. The second-order valence-corrected chi connectivity index (χ2v) is 5.05. The first-order valence-electron chi connectivity index (χ1n) is 6.40. The van der Waals surface area contributed by atoms with E-state index in [0.29, 0.717) is 6.04 Å². The molecule has 3 nitrogen and oxygen atoms in total. The van der Waals surface area contributed by atoms with Gasteiger partial charge in [-0.3, -0.25) is 0 Å². The van der Waals surface area contributed by atoms with E-state index in [1.165, 1.54) is 51.7 Å². The van der Waals surface area contributed by atoms with Gasteiger partial charge in [0.2, 0.25) is 0 Å². The first kappa shape index (κ1) is 11.4. The van der Waals surface area contributed by atoms with E-state index in [9.17, 15) is 0 Å². The third-order valence-corrected chi connectivity index (χ3v) is 3.45. The highest BCUT2D eigenvalue weighted by Gasteiger charge is 2.21. The van der Waals surface area contributed by atoms with Crippen molar-refractivity contribution in [2.75, 3.05) is 32.8 Å². The number of likely N-dealkylation sites (tertiary alicyclic amines) is 1. The van der Waals surface area contributed by atoms with E-state index in [-0.39, 0.29) is 0 Å². The van der Waals surface area contributed by atoms with Gasteiger partial charge < -0.3 is 15.4 Å². The van der Waals surface area contributed by atoms with Crippen molar-refractivity contribution in [3.8, 4) is 0 Å². The Labute approximate surface area is 93.0 Å². The lowest BCUT2D eigenvalue weighted by atomic mass is 10.1. The molecule has 0 radical (unpaired) electrons. The predicted octanol–water partition coefficient (Wildman–Crippen LogP) is 1.23. The molecule has 2 fully saturated rings. The van der Waals surface area contributed by atoms with Gasteiger partial charge in [-0.25, -0.2) is 0 Å². The average Bonchev–Trinajstić information content (AvgIpc) is 3.04. The molecule has 0 atom stereocenters. The zero-order chi connectivity index (χ0) is 10.5. The monoisotopic (exact) mass is 212 g/mol. The van der Waals surface area contributed by atoms with E-state index in [1.54, 1.807) is 0 Å². The molecule has 15 heavy (non-hydrogen) atoms. The molecular weight excluding hydrogens is 188 g/mol. The summed E-state index contributed by atoms with van der Waals surface area (Å²) in [6.45, 7) is 5.51. The third kappa shape index (κ3) is 4.49. The van der Waals surface area contributed by atoms with E-state index >= 15 is 0 Å². The standard InChI is InChI=1S/C12H24N2O/c13-12-4-7-14(8-5-12)6-1-9-15-10-11-2-3-11/h11-12H,1-10,13H2. The van der Waals surface area contributed by atoms with Crippen molar-refractivity contribution in [1.29, 1.82) is 0 Å². The summed E-state index contributed by atoms with van der Waals surface area (Å²) >= 11 is 0. The van der Waals surface area contributed by atoms with Crippen LogP contribution in [0.25, 0.3) is 0 Å². The van der Waals surface area contributed by atoms with Crippen LogP contribution in [0.1, 0.15) is 32.1 Å². The van der Waals surface area contributed by atoms with Crippen LogP contribution in [0.2, 0.25) is 0 Å². The molecule has 0 bridgehead atoms. The van der Waals surface area contributed by atoms with Gasteiger partial charge in [0.15, 0.2) is 0 Å². The molecule has 1 aliphatic heterocycles. The molecule has 1 saturated heterocycles. The molecule has 0 aromatic heterocycles. The number of rotatable bonds is 6. The Kier molecular flexibility index (Phi) is 4.42. The second kappa shape index (κ2) is 5.83. The molecule has 2 N–H and O–H groups in total. The Bertz CT molecular complexity index is 174. The Morgan fingerprint density at radius 2 is 1.87 bits per heavy atom. The molecular formula is C12H24N2O. The van der Waals surface area contributed by atoms with E-state index < -0.39 is 0 Å². The lowest BCUT2D eigenvalue weighted by molar-refractivity contribution is 0.108. The van der Waals surface area contributed by atoms with Crippen molar-refractivity contribution in [2.45, 2.75) is 38.1 Å². The molecule has 0 amide bonds. The summed E-state index contributed by atoms with van der Waals surface area (Å²) in [5, 5.41) is 0. The van der Waals surface area contributed by atoms with Crippen molar-refractivity contribution in [2.24, 2.45) is 11.7 Å². The van der Waals surface area contributed by atoms with Gasteiger partial charge in [-0.2, -0.15) is 0 Å². The average molecular weight is 212 g/mol. The van der Waals surface area contributed by atoms with Crippen LogP contribution >= 0.6 is 0 Å². The van der Waals surface area contributed by atoms with Gasteiger partial charge in [0.05, 0.1) is 0 Å². The van der Waals surface area contributed by atoms with Gasteiger partial charge in [0.25, 0.3) is 0 Å². The second-order valence-electron chi connectivity index (χ2n) is 5.05. The van der Waals surface area contributed by atoms with Crippen LogP contribution in [-0.4, -0.2) is 43.8 Å². The zero-order valence-electron chi connectivity index (χ0n) is 9.66. The van der Waals surface area contributed by atoms with Gasteiger partial charge >= 0.3 is 0 Å². The minimum atomic E-state index is 0.451. The normalized spacial score (nSPS) is 24.6. The Morgan fingerprint density at radius 1 is 1.13 bits per heavy atom. The molecule has 0 unspecified atom stereocenters. The lowest BCUT2D eigenvalue weighted by Gasteiger charge is -2.29. The number of nitrogens with zero attached hydrogens (tertiary/aromatic N) is 1. The lowest BCUT2D eigenvalue weighted by Crippen LogP contribution is -2.40. The van der Waals surface area contributed by atoms with Crippen LogP contribution in [0, 0.1) is 5.92 Å². The minimum absolute atomic E-state index is 0.451. The Morgan fingerprint density at radius 3 is 2.53 bits per heavy atom. The highest BCUT2D eigenvalue weighted by Crippen LogP contribution is 2.28. The molecule has 0 spiro atoms. The smallest absolute Gasteiger partial charge is 0.0494 e. The zero-order valence-corrected chi connectivity index (χ0v) is 9.66. The fourth-order valence-corrected chi connectivity index (χ4v) is 2.10. The summed E-state index contributed by atoms with van der Waals surface area (Å²) in [6.07, 6.45) is 6.31. The van der Waals surface area contributed by atoms with E-state index in [1.807, 2.05) is 0 Å². The molecule has 2 rings (SSSR count). The Balaban J connectivity index is 1.43. The van der Waals surface area contributed by atoms with Crippen LogP contribution in [0.4, 0.5) is 0 Å². The van der Waals surface area contributed by atoms with Crippen molar-refractivity contribution in [3.05, 3.63) is 0 Å². The molecule has 1 heterocycles. The molecule has 3 heteroatoms. The fourth-order valence-electron chi connectivity index (χ4n) is 2.10. The predicted molar refractivity (Wildman–Crippen MR) is 61.8 cm³/mol. The third-order valence-electron chi connectivity index (χ3n) is 3.45. The van der Waals surface area contributed by atoms with Crippen molar-refractivity contribution in [3.63, 3.8) is 0 Å². The van der Waals surface area contributed by atoms with E-state index in [0.717, 1.165) is 19.1 Å². The quantitative estimate of drug-likeness (QED) is 0.673. The number of hydrogen-bond donors (Lipinski definition) is 1. The first-order chi connectivity index (χ1) is 7.34. The SMILES string of the molecule is NC1CCN(CCCOCC2CC2)CC1. The maximum absolute atomic E-state index is 5.86. The molecule has 2 aliphatic rings. The molecule has 0 aromatic carbocycles. The van der Waals surface area contributed by atoms with Crippen molar-refractivity contribution < 1.29 is 4.74 Å². The minimum Gasteiger partial charge on any atom is -0.381 e. The van der Waals surface area contributed by atoms with Gasteiger partial charge in [-0.1, -0.05) is 0 Å². The van der Waals surface area contributed by atoms with Crippen LogP contribution in [0.3, 0.4) is 0 Å². The highest BCUT2D eigenvalue weighted by molar-refractivity contribution is 4.74. The van der Waals surface area contributed by atoms with Gasteiger partial charge in [-0.15, -0.1) is 0 Å². The molecule has 0 aromatic rings. The van der Waals surface area contributed by atoms with Crippen LogP contribution in [-0.2, 0) is 4.74 Å². The summed E-state index contributed by atoms with van der Waals surface area (Å²) in [7, 11) is 0. The van der Waals surface area contributed by atoms with E-state index in [2.05, 4.69) is 4.90 Å².